The van der Waals surface area contributed by atoms with E-state index in [-0.39, 0.29) is 24.0 Å². The molecule has 1 aromatic heterocycles. The Morgan fingerprint density at radius 2 is 2.08 bits per heavy atom. The van der Waals surface area contributed by atoms with Gasteiger partial charge in [0.2, 0.25) is 0 Å². The first-order chi connectivity index (χ1) is 11.2. The van der Waals surface area contributed by atoms with Gasteiger partial charge in [-0.3, -0.25) is 4.99 Å². The highest BCUT2D eigenvalue weighted by atomic mass is 127. The van der Waals surface area contributed by atoms with Gasteiger partial charge in [0.15, 0.2) is 5.96 Å². The minimum absolute atomic E-state index is 0. The Morgan fingerprint density at radius 3 is 2.79 bits per heavy atom. The Morgan fingerprint density at radius 1 is 1.29 bits per heavy atom. The second-order valence-electron chi connectivity index (χ2n) is 5.99. The predicted octanol–water partition coefficient (Wildman–Crippen LogP) is 3.86. The van der Waals surface area contributed by atoms with E-state index in [0.29, 0.717) is 6.04 Å². The van der Waals surface area contributed by atoms with E-state index < -0.39 is 0 Å². The van der Waals surface area contributed by atoms with Gasteiger partial charge in [0.25, 0.3) is 0 Å². The lowest BCUT2D eigenvalue weighted by molar-refractivity contribution is 0.546. The van der Waals surface area contributed by atoms with Crippen LogP contribution in [0, 0.1) is 0 Å². The summed E-state index contributed by atoms with van der Waals surface area (Å²) in [7, 11) is 1.81. The number of H-pyrrole nitrogens is 1. The third kappa shape index (κ3) is 6.67. The number of benzene rings is 1. The highest BCUT2D eigenvalue weighted by molar-refractivity contribution is 14.0. The normalized spacial score (nSPS) is 12.7. The molecule has 0 fully saturated rings. The zero-order valence-corrected chi connectivity index (χ0v) is 17.3. The molecule has 1 heterocycles. The van der Waals surface area contributed by atoms with Crippen molar-refractivity contribution < 1.29 is 0 Å². The Hall–Kier alpha value is -1.31. The first-order valence-electron chi connectivity index (χ1n) is 8.63. The number of halogens is 1. The zero-order chi connectivity index (χ0) is 16.5. The predicted molar refractivity (Wildman–Crippen MR) is 113 cm³/mol. The van der Waals surface area contributed by atoms with Gasteiger partial charge in [-0.05, 0) is 25.5 Å². The molecule has 1 aromatic carbocycles. The Bertz CT molecular complexity index is 590. The molecule has 2 rings (SSSR count). The van der Waals surface area contributed by atoms with Crippen LogP contribution in [0.5, 0.6) is 0 Å². The number of nitrogens with one attached hydrogen (secondary N) is 3. The molecule has 2 aromatic rings. The van der Waals surface area contributed by atoms with Crippen LogP contribution in [0.25, 0.3) is 11.0 Å². The van der Waals surface area contributed by atoms with Crippen molar-refractivity contribution in [3.8, 4) is 0 Å². The number of unbranched alkanes of at least 4 members (excludes halogenated alkanes) is 2. The molecular formula is C18H30IN5. The van der Waals surface area contributed by atoms with Gasteiger partial charge in [0.05, 0.1) is 11.0 Å². The first kappa shape index (κ1) is 20.7. The molecule has 0 aliphatic rings. The number of fused-ring (bicyclic) bond motifs is 1. The molecule has 6 heteroatoms. The van der Waals surface area contributed by atoms with Gasteiger partial charge in [-0.25, -0.2) is 4.98 Å². The molecule has 0 aliphatic heterocycles. The number of hydrogen-bond acceptors (Lipinski definition) is 2. The topological polar surface area (TPSA) is 65.1 Å². The second kappa shape index (κ2) is 11.3. The number of aromatic nitrogens is 2. The molecule has 3 N–H and O–H groups in total. The molecule has 134 valence electrons. The van der Waals surface area contributed by atoms with Crippen molar-refractivity contribution in [2.24, 2.45) is 4.99 Å². The van der Waals surface area contributed by atoms with Gasteiger partial charge in [-0.2, -0.15) is 0 Å². The molecule has 0 bridgehead atoms. The molecule has 0 saturated carbocycles. The van der Waals surface area contributed by atoms with Crippen LogP contribution in [-0.4, -0.2) is 35.6 Å². The smallest absolute Gasteiger partial charge is 0.191 e. The summed E-state index contributed by atoms with van der Waals surface area (Å²) in [6.45, 7) is 5.25. The first-order valence-corrected chi connectivity index (χ1v) is 8.63. The molecule has 5 nitrogen and oxygen atoms in total. The Kier molecular flexibility index (Phi) is 9.75. The molecule has 0 radical (unpaired) electrons. The maximum atomic E-state index is 4.59. The van der Waals surface area contributed by atoms with E-state index in [1.165, 1.54) is 25.7 Å². The standard InChI is InChI=1S/C18H29N5.HI/c1-4-5-6-9-14(2)21-18(19-3)20-13-12-17-22-15-10-7-8-11-16(15)23-17;/h7-8,10-11,14H,4-6,9,12-13H2,1-3H3,(H,22,23)(H2,19,20,21);1H. The molecule has 0 aliphatic carbocycles. The van der Waals surface area contributed by atoms with Gasteiger partial charge in [-0.1, -0.05) is 38.3 Å². The summed E-state index contributed by atoms with van der Waals surface area (Å²) in [6.07, 6.45) is 5.85. The van der Waals surface area contributed by atoms with E-state index in [1.807, 2.05) is 25.2 Å². The second-order valence-corrected chi connectivity index (χ2v) is 5.99. The summed E-state index contributed by atoms with van der Waals surface area (Å²) in [5.74, 6) is 1.87. The summed E-state index contributed by atoms with van der Waals surface area (Å²) < 4.78 is 0. The number of rotatable bonds is 8. The third-order valence-electron chi connectivity index (χ3n) is 3.94. The molecule has 0 saturated heterocycles. The lowest BCUT2D eigenvalue weighted by atomic mass is 10.1. The number of hydrogen-bond donors (Lipinski definition) is 3. The lowest BCUT2D eigenvalue weighted by Crippen LogP contribution is -2.42. The van der Waals surface area contributed by atoms with Crippen molar-refractivity contribution >= 4 is 41.0 Å². The quantitative estimate of drug-likeness (QED) is 0.251. The minimum Gasteiger partial charge on any atom is -0.356 e. The van der Waals surface area contributed by atoms with Crippen molar-refractivity contribution in [3.05, 3.63) is 30.1 Å². The number of imidazole rings is 1. The maximum absolute atomic E-state index is 4.59. The van der Waals surface area contributed by atoms with Crippen LogP contribution in [0.2, 0.25) is 0 Å². The summed E-state index contributed by atoms with van der Waals surface area (Å²) >= 11 is 0. The summed E-state index contributed by atoms with van der Waals surface area (Å²) in [6, 6.07) is 8.56. The van der Waals surface area contributed by atoms with Crippen molar-refractivity contribution in [2.75, 3.05) is 13.6 Å². The summed E-state index contributed by atoms with van der Waals surface area (Å²) in [4.78, 5) is 12.2. The van der Waals surface area contributed by atoms with Gasteiger partial charge < -0.3 is 15.6 Å². The van der Waals surface area contributed by atoms with E-state index in [0.717, 1.165) is 35.8 Å². The Labute approximate surface area is 162 Å². The van der Waals surface area contributed by atoms with Crippen LogP contribution >= 0.6 is 24.0 Å². The van der Waals surface area contributed by atoms with Crippen LogP contribution in [0.4, 0.5) is 0 Å². The fourth-order valence-electron chi connectivity index (χ4n) is 2.62. The average molecular weight is 443 g/mol. The molecule has 24 heavy (non-hydrogen) atoms. The number of aliphatic imine (C=N–C) groups is 1. The van der Waals surface area contributed by atoms with Gasteiger partial charge in [0, 0.05) is 26.1 Å². The minimum atomic E-state index is 0. The summed E-state index contributed by atoms with van der Waals surface area (Å²) in [5, 5.41) is 6.81. The molecule has 1 atom stereocenters. The van der Waals surface area contributed by atoms with Gasteiger partial charge in [-0.15, -0.1) is 24.0 Å². The third-order valence-corrected chi connectivity index (χ3v) is 3.94. The van der Waals surface area contributed by atoms with Gasteiger partial charge in [0.1, 0.15) is 5.82 Å². The highest BCUT2D eigenvalue weighted by Gasteiger charge is 2.06. The largest absolute Gasteiger partial charge is 0.356 e. The van der Waals surface area contributed by atoms with E-state index in [4.69, 9.17) is 0 Å². The number of aromatic amines is 1. The number of guanidine groups is 1. The zero-order valence-electron chi connectivity index (χ0n) is 14.9. The number of para-hydroxylation sites is 2. The van der Waals surface area contributed by atoms with E-state index in [1.54, 1.807) is 0 Å². The molecule has 0 spiro atoms. The van der Waals surface area contributed by atoms with Crippen molar-refractivity contribution in [3.63, 3.8) is 0 Å². The Balaban J connectivity index is 0.00000288. The fraction of sp³-hybridized carbons (Fsp3) is 0.556. The monoisotopic (exact) mass is 443 g/mol. The van der Waals surface area contributed by atoms with E-state index >= 15 is 0 Å². The van der Waals surface area contributed by atoms with E-state index in [9.17, 15) is 0 Å². The summed E-state index contributed by atoms with van der Waals surface area (Å²) in [5.41, 5.74) is 2.11. The van der Waals surface area contributed by atoms with Crippen LogP contribution in [0.15, 0.2) is 29.3 Å². The van der Waals surface area contributed by atoms with Crippen molar-refractivity contribution in [2.45, 2.75) is 52.0 Å². The SMILES string of the molecule is CCCCCC(C)NC(=NC)NCCc1nc2ccccc2[nH]1.I. The lowest BCUT2D eigenvalue weighted by Gasteiger charge is -2.17. The molecule has 1 unspecified atom stereocenters. The average Bonchev–Trinajstić information content (AvgIpc) is 2.96. The highest BCUT2D eigenvalue weighted by Crippen LogP contribution is 2.10. The van der Waals surface area contributed by atoms with Crippen molar-refractivity contribution in [1.29, 1.82) is 0 Å². The maximum Gasteiger partial charge on any atom is 0.191 e. The van der Waals surface area contributed by atoms with Crippen LogP contribution in [0.1, 0.15) is 45.4 Å². The van der Waals surface area contributed by atoms with Gasteiger partial charge >= 0.3 is 0 Å². The number of nitrogens with zero attached hydrogens (tertiary/aromatic N) is 2. The molecule has 0 amide bonds. The van der Waals surface area contributed by atoms with E-state index in [2.05, 4.69) is 45.5 Å². The van der Waals surface area contributed by atoms with Crippen LogP contribution in [-0.2, 0) is 6.42 Å². The van der Waals surface area contributed by atoms with Crippen molar-refractivity contribution in [1.82, 2.24) is 20.6 Å². The molecular weight excluding hydrogens is 413 g/mol. The van der Waals surface area contributed by atoms with Crippen LogP contribution in [0.3, 0.4) is 0 Å². The fourth-order valence-corrected chi connectivity index (χ4v) is 2.62. The van der Waals surface area contributed by atoms with Crippen LogP contribution < -0.4 is 10.6 Å².